The normalized spacial score (nSPS) is 11.3. The summed E-state index contributed by atoms with van der Waals surface area (Å²) < 4.78 is 0. The number of carbonyl (C=O) groups excluding carboxylic acids is 2. The number of aldehydes is 1. The first kappa shape index (κ1) is 13.4. The van der Waals surface area contributed by atoms with Gasteiger partial charge in [0.25, 0.3) is 0 Å². The van der Waals surface area contributed by atoms with Crippen LogP contribution in [-0.4, -0.2) is 23.7 Å². The van der Waals surface area contributed by atoms with Crippen LogP contribution >= 0.6 is 0 Å². The van der Waals surface area contributed by atoms with Gasteiger partial charge in [-0.1, -0.05) is 20.8 Å². The van der Waals surface area contributed by atoms with E-state index >= 15 is 0 Å². The van der Waals surface area contributed by atoms with Crippen LogP contribution in [0.5, 0.6) is 5.75 Å². The lowest BCUT2D eigenvalue weighted by atomic mass is 9.84. The molecule has 0 radical (unpaired) electrons. The van der Waals surface area contributed by atoms with E-state index in [0.29, 0.717) is 6.29 Å². The first-order valence-electron chi connectivity index (χ1n) is 5.37. The summed E-state index contributed by atoms with van der Waals surface area (Å²) in [7, 11) is 0. The van der Waals surface area contributed by atoms with Gasteiger partial charge in [0.2, 0.25) is 0 Å². The van der Waals surface area contributed by atoms with Gasteiger partial charge in [-0.2, -0.15) is 0 Å². The molecular weight excluding hydrogens is 218 g/mol. The maximum absolute atomic E-state index is 11.6. The quantitative estimate of drug-likeness (QED) is 0.616. The highest BCUT2D eigenvalue weighted by Gasteiger charge is 2.20. The first-order valence-corrected chi connectivity index (χ1v) is 5.37. The molecule has 0 spiro atoms. The molecule has 0 heterocycles. The van der Waals surface area contributed by atoms with Crippen molar-refractivity contribution in [2.45, 2.75) is 26.2 Å². The van der Waals surface area contributed by atoms with Crippen LogP contribution in [-0.2, 0) is 5.41 Å². The van der Waals surface area contributed by atoms with Crippen molar-refractivity contribution >= 4 is 12.1 Å². The number of nitrogens with two attached hydrogens (primary N) is 1. The fraction of sp³-hybridized carbons (Fsp3) is 0.385. The fourth-order valence-electron chi connectivity index (χ4n) is 1.50. The fourth-order valence-corrected chi connectivity index (χ4v) is 1.50. The molecule has 0 aliphatic carbocycles. The molecule has 0 amide bonds. The lowest BCUT2D eigenvalue weighted by Gasteiger charge is -2.21. The molecular formula is C13H17NO3. The predicted molar refractivity (Wildman–Crippen MR) is 65.6 cm³/mol. The van der Waals surface area contributed by atoms with Crippen LogP contribution < -0.4 is 5.73 Å². The van der Waals surface area contributed by atoms with Gasteiger partial charge in [-0.05, 0) is 23.1 Å². The van der Waals surface area contributed by atoms with Gasteiger partial charge in [-0.15, -0.1) is 0 Å². The number of phenols is 1. The summed E-state index contributed by atoms with van der Waals surface area (Å²) in [6.07, 6.45) is 0.540. The summed E-state index contributed by atoms with van der Waals surface area (Å²) >= 11 is 0. The number of Topliss-reactive ketones (excluding diaryl/α,β-unsaturated/α-hetero) is 1. The second-order valence-electron chi connectivity index (χ2n) is 4.96. The van der Waals surface area contributed by atoms with Crippen LogP contribution in [0.3, 0.4) is 0 Å². The predicted octanol–water partition coefficient (Wildman–Crippen LogP) is 1.64. The standard InChI is InChI=1S/C13H17NO3/c1-13(2,3)9-4-8(7-15)12(17)10(5-9)11(16)6-14/h4-5,7,17H,6,14H2,1-3H3. The minimum Gasteiger partial charge on any atom is -0.506 e. The van der Waals surface area contributed by atoms with Crippen LogP contribution in [0.1, 0.15) is 47.1 Å². The zero-order chi connectivity index (χ0) is 13.2. The largest absolute Gasteiger partial charge is 0.506 e. The van der Waals surface area contributed by atoms with Crippen LogP contribution in [0.15, 0.2) is 12.1 Å². The molecule has 0 aliphatic heterocycles. The third kappa shape index (κ3) is 2.71. The zero-order valence-electron chi connectivity index (χ0n) is 10.3. The highest BCUT2D eigenvalue weighted by Crippen LogP contribution is 2.30. The number of carbonyl (C=O) groups is 2. The first-order chi connectivity index (χ1) is 7.81. The Morgan fingerprint density at radius 1 is 1.41 bits per heavy atom. The van der Waals surface area contributed by atoms with Gasteiger partial charge < -0.3 is 10.8 Å². The number of hydrogen-bond acceptors (Lipinski definition) is 4. The van der Waals surface area contributed by atoms with Crippen molar-refractivity contribution in [2.75, 3.05) is 6.54 Å². The van der Waals surface area contributed by atoms with Crippen molar-refractivity contribution in [3.63, 3.8) is 0 Å². The van der Waals surface area contributed by atoms with E-state index in [1.165, 1.54) is 0 Å². The Kier molecular flexibility index (Phi) is 3.68. The van der Waals surface area contributed by atoms with Crippen molar-refractivity contribution in [2.24, 2.45) is 5.73 Å². The molecule has 0 aromatic heterocycles. The molecule has 1 rings (SSSR count). The number of benzene rings is 1. The Labute approximate surface area is 100 Å². The highest BCUT2D eigenvalue weighted by atomic mass is 16.3. The number of aromatic hydroxyl groups is 1. The van der Waals surface area contributed by atoms with Gasteiger partial charge in [0.05, 0.1) is 17.7 Å². The summed E-state index contributed by atoms with van der Waals surface area (Å²) in [6, 6.07) is 3.19. The SMILES string of the molecule is CC(C)(C)c1cc(C=O)c(O)c(C(=O)CN)c1. The molecule has 0 saturated heterocycles. The highest BCUT2D eigenvalue weighted by molar-refractivity contribution is 6.02. The van der Waals surface area contributed by atoms with Crippen LogP contribution in [0.2, 0.25) is 0 Å². The van der Waals surface area contributed by atoms with Gasteiger partial charge in [0.1, 0.15) is 5.75 Å². The van der Waals surface area contributed by atoms with Crippen molar-refractivity contribution in [3.8, 4) is 5.75 Å². The van der Waals surface area contributed by atoms with Crippen molar-refractivity contribution in [1.82, 2.24) is 0 Å². The molecule has 1 aromatic rings. The monoisotopic (exact) mass is 235 g/mol. The summed E-state index contributed by atoms with van der Waals surface area (Å²) in [5.74, 6) is -0.667. The Hall–Kier alpha value is -1.68. The smallest absolute Gasteiger partial charge is 0.180 e. The Balaban J connectivity index is 3.49. The van der Waals surface area contributed by atoms with Crippen LogP contribution in [0.25, 0.3) is 0 Å². The second kappa shape index (κ2) is 4.67. The zero-order valence-corrected chi connectivity index (χ0v) is 10.3. The Morgan fingerprint density at radius 2 is 2.00 bits per heavy atom. The molecule has 3 N–H and O–H groups in total. The maximum Gasteiger partial charge on any atom is 0.180 e. The molecule has 0 fully saturated rings. The number of rotatable bonds is 3. The van der Waals surface area contributed by atoms with E-state index in [1.54, 1.807) is 12.1 Å². The maximum atomic E-state index is 11.6. The lowest BCUT2D eigenvalue weighted by Crippen LogP contribution is -2.17. The lowest BCUT2D eigenvalue weighted by molar-refractivity contribution is 0.0998. The topological polar surface area (TPSA) is 80.4 Å². The van der Waals surface area contributed by atoms with Gasteiger partial charge >= 0.3 is 0 Å². The molecule has 0 saturated carbocycles. The Morgan fingerprint density at radius 3 is 2.41 bits per heavy atom. The molecule has 0 atom stereocenters. The van der Waals surface area contributed by atoms with Crippen molar-refractivity contribution in [1.29, 1.82) is 0 Å². The average molecular weight is 235 g/mol. The van der Waals surface area contributed by atoms with Crippen molar-refractivity contribution < 1.29 is 14.7 Å². The van der Waals surface area contributed by atoms with E-state index in [-0.39, 0.29) is 34.6 Å². The number of hydrogen-bond donors (Lipinski definition) is 2. The summed E-state index contributed by atoms with van der Waals surface area (Å²) in [6.45, 7) is 5.69. The van der Waals surface area contributed by atoms with Crippen LogP contribution in [0.4, 0.5) is 0 Å². The molecule has 0 bridgehead atoms. The molecule has 92 valence electrons. The number of phenolic OH excluding ortho intramolecular Hbond substituents is 1. The molecule has 17 heavy (non-hydrogen) atoms. The van der Waals surface area contributed by atoms with Crippen molar-refractivity contribution in [3.05, 3.63) is 28.8 Å². The van der Waals surface area contributed by atoms with Gasteiger partial charge in [-0.25, -0.2) is 0 Å². The second-order valence-corrected chi connectivity index (χ2v) is 4.96. The summed E-state index contributed by atoms with van der Waals surface area (Å²) in [5, 5.41) is 9.77. The molecule has 4 nitrogen and oxygen atoms in total. The molecule has 0 unspecified atom stereocenters. The molecule has 0 aliphatic rings. The average Bonchev–Trinajstić information content (AvgIpc) is 2.26. The molecule has 4 heteroatoms. The van der Waals surface area contributed by atoms with E-state index in [1.807, 2.05) is 20.8 Å². The molecule has 1 aromatic carbocycles. The minimum atomic E-state index is -0.378. The van der Waals surface area contributed by atoms with E-state index in [4.69, 9.17) is 5.73 Å². The van der Waals surface area contributed by atoms with Crippen LogP contribution in [0, 0.1) is 0 Å². The third-order valence-corrected chi connectivity index (χ3v) is 2.62. The summed E-state index contributed by atoms with van der Waals surface area (Å²) in [4.78, 5) is 22.4. The number of ketones is 1. The third-order valence-electron chi connectivity index (χ3n) is 2.62. The van der Waals surface area contributed by atoms with E-state index in [0.717, 1.165) is 5.56 Å². The van der Waals surface area contributed by atoms with Gasteiger partial charge in [0, 0.05) is 0 Å². The Bertz CT molecular complexity index is 458. The van der Waals surface area contributed by atoms with E-state index in [9.17, 15) is 14.7 Å². The summed E-state index contributed by atoms with van der Waals surface area (Å²) in [5.41, 5.74) is 6.11. The van der Waals surface area contributed by atoms with E-state index < -0.39 is 0 Å². The van der Waals surface area contributed by atoms with E-state index in [2.05, 4.69) is 0 Å². The van der Waals surface area contributed by atoms with Gasteiger partial charge in [-0.3, -0.25) is 9.59 Å². The van der Waals surface area contributed by atoms with Gasteiger partial charge in [0.15, 0.2) is 12.1 Å². The minimum absolute atomic E-state index is 0.113.